The van der Waals surface area contributed by atoms with Crippen molar-refractivity contribution in [3.8, 4) is 0 Å². The van der Waals surface area contributed by atoms with Gasteiger partial charge in [0.25, 0.3) is 0 Å². The van der Waals surface area contributed by atoms with Gasteiger partial charge in [-0.3, -0.25) is 4.79 Å². The molecule has 0 bridgehead atoms. The molecule has 0 unspecified atom stereocenters. The molecule has 3 rings (SSSR count). The van der Waals surface area contributed by atoms with Crippen molar-refractivity contribution < 1.29 is 4.79 Å². The molecule has 5 nitrogen and oxygen atoms in total. The zero-order valence-corrected chi connectivity index (χ0v) is 14.4. The Hall–Kier alpha value is -2.11. The number of halogens is 2. The van der Waals surface area contributed by atoms with Crippen molar-refractivity contribution in [2.75, 3.05) is 31.1 Å². The third kappa shape index (κ3) is 3.86. The maximum Gasteiger partial charge on any atom is 0.246 e. The van der Waals surface area contributed by atoms with E-state index in [0.29, 0.717) is 42.2 Å². The van der Waals surface area contributed by atoms with Crippen molar-refractivity contribution in [1.82, 2.24) is 14.9 Å². The van der Waals surface area contributed by atoms with E-state index in [9.17, 15) is 4.79 Å². The predicted octanol–water partition coefficient (Wildman–Crippen LogP) is 3.15. The number of aromatic nitrogens is 2. The van der Waals surface area contributed by atoms with Crippen LogP contribution in [-0.4, -0.2) is 47.0 Å². The number of rotatable bonds is 3. The molecule has 1 amide bonds. The Kier molecular flexibility index (Phi) is 5.33. The summed E-state index contributed by atoms with van der Waals surface area (Å²) in [6, 6.07) is 7.13. The van der Waals surface area contributed by atoms with Crippen LogP contribution in [-0.2, 0) is 4.79 Å². The Morgan fingerprint density at radius 2 is 1.75 bits per heavy atom. The van der Waals surface area contributed by atoms with E-state index in [1.165, 1.54) is 6.08 Å². The second kappa shape index (κ2) is 7.64. The van der Waals surface area contributed by atoms with Crippen molar-refractivity contribution in [2.24, 2.45) is 0 Å². The van der Waals surface area contributed by atoms with E-state index in [1.54, 1.807) is 41.6 Å². The SMILES string of the molecule is O=C(C=Cc1cccc(Cl)c1Cl)N1CCN(c2ncccn2)CC1. The molecule has 0 aliphatic carbocycles. The van der Waals surface area contributed by atoms with E-state index >= 15 is 0 Å². The van der Waals surface area contributed by atoms with Crippen LogP contribution in [0.4, 0.5) is 5.95 Å². The fraction of sp³-hybridized carbons (Fsp3) is 0.235. The third-order valence-corrected chi connectivity index (χ3v) is 4.65. The maximum atomic E-state index is 12.3. The highest BCUT2D eigenvalue weighted by molar-refractivity contribution is 6.42. The van der Waals surface area contributed by atoms with E-state index in [0.717, 1.165) is 5.56 Å². The summed E-state index contributed by atoms with van der Waals surface area (Å²) in [4.78, 5) is 24.7. The van der Waals surface area contributed by atoms with Crippen LogP contribution in [0.5, 0.6) is 0 Å². The number of carbonyl (C=O) groups excluding carboxylic acids is 1. The van der Waals surface area contributed by atoms with Gasteiger partial charge in [-0.05, 0) is 23.8 Å². The normalized spacial score (nSPS) is 15.1. The number of piperazine rings is 1. The fourth-order valence-electron chi connectivity index (χ4n) is 2.50. The zero-order valence-electron chi connectivity index (χ0n) is 12.9. The van der Waals surface area contributed by atoms with Gasteiger partial charge in [-0.2, -0.15) is 0 Å². The Morgan fingerprint density at radius 1 is 1.04 bits per heavy atom. The minimum atomic E-state index is -0.0420. The lowest BCUT2D eigenvalue weighted by Gasteiger charge is -2.34. The molecule has 7 heteroatoms. The molecule has 1 saturated heterocycles. The molecule has 0 radical (unpaired) electrons. The molecule has 1 aromatic carbocycles. The number of anilines is 1. The molecule has 2 aromatic rings. The summed E-state index contributed by atoms with van der Waals surface area (Å²) in [5.74, 6) is 0.658. The summed E-state index contributed by atoms with van der Waals surface area (Å²) in [6.45, 7) is 2.68. The minimum Gasteiger partial charge on any atom is -0.337 e. The van der Waals surface area contributed by atoms with E-state index < -0.39 is 0 Å². The summed E-state index contributed by atoms with van der Waals surface area (Å²) in [6.07, 6.45) is 6.67. The molecular formula is C17H16Cl2N4O. The molecule has 2 heterocycles. The van der Waals surface area contributed by atoms with Crippen LogP contribution in [0.2, 0.25) is 10.0 Å². The summed E-state index contributed by atoms with van der Waals surface area (Å²) in [5.41, 5.74) is 0.730. The fourth-order valence-corrected chi connectivity index (χ4v) is 2.87. The summed E-state index contributed by atoms with van der Waals surface area (Å²) >= 11 is 12.1. The van der Waals surface area contributed by atoms with Gasteiger partial charge < -0.3 is 9.80 Å². The van der Waals surface area contributed by atoms with E-state index in [-0.39, 0.29) is 5.91 Å². The average molecular weight is 363 g/mol. The quantitative estimate of drug-likeness (QED) is 0.787. The highest BCUT2D eigenvalue weighted by Crippen LogP contribution is 2.26. The lowest BCUT2D eigenvalue weighted by Crippen LogP contribution is -2.48. The van der Waals surface area contributed by atoms with Gasteiger partial charge in [-0.1, -0.05) is 35.3 Å². The molecule has 24 heavy (non-hydrogen) atoms. The minimum absolute atomic E-state index is 0.0420. The first-order valence-corrected chi connectivity index (χ1v) is 8.34. The van der Waals surface area contributed by atoms with Crippen molar-refractivity contribution in [2.45, 2.75) is 0 Å². The van der Waals surface area contributed by atoms with Crippen LogP contribution in [0, 0.1) is 0 Å². The van der Waals surface area contributed by atoms with Gasteiger partial charge in [-0.15, -0.1) is 0 Å². The van der Waals surface area contributed by atoms with Gasteiger partial charge in [0.1, 0.15) is 0 Å². The molecule has 1 aliphatic rings. The number of hydrogen-bond acceptors (Lipinski definition) is 4. The van der Waals surface area contributed by atoms with Gasteiger partial charge in [0.05, 0.1) is 10.0 Å². The topological polar surface area (TPSA) is 49.3 Å². The monoisotopic (exact) mass is 362 g/mol. The number of benzene rings is 1. The first-order valence-electron chi connectivity index (χ1n) is 7.58. The van der Waals surface area contributed by atoms with Gasteiger partial charge >= 0.3 is 0 Å². The Balaban J connectivity index is 1.59. The predicted molar refractivity (Wildman–Crippen MR) is 96.3 cm³/mol. The van der Waals surface area contributed by atoms with Crippen LogP contribution in [0.3, 0.4) is 0 Å². The van der Waals surface area contributed by atoms with E-state index in [4.69, 9.17) is 23.2 Å². The molecule has 0 atom stereocenters. The number of amides is 1. The smallest absolute Gasteiger partial charge is 0.246 e. The van der Waals surface area contributed by atoms with Crippen molar-refractivity contribution in [3.63, 3.8) is 0 Å². The van der Waals surface area contributed by atoms with E-state index in [2.05, 4.69) is 14.9 Å². The lowest BCUT2D eigenvalue weighted by atomic mass is 10.2. The molecular weight excluding hydrogens is 347 g/mol. The molecule has 124 valence electrons. The molecule has 1 aromatic heterocycles. The van der Waals surface area contributed by atoms with Crippen LogP contribution in [0.15, 0.2) is 42.7 Å². The Bertz CT molecular complexity index is 744. The highest BCUT2D eigenvalue weighted by Gasteiger charge is 2.21. The average Bonchev–Trinajstić information content (AvgIpc) is 2.63. The second-order valence-electron chi connectivity index (χ2n) is 5.34. The summed E-state index contributed by atoms with van der Waals surface area (Å²) < 4.78 is 0. The second-order valence-corrected chi connectivity index (χ2v) is 6.12. The standard InChI is InChI=1S/C17H16Cl2N4O/c18-14-4-1-3-13(16(14)19)5-6-15(24)22-9-11-23(12-10-22)17-20-7-2-8-21-17/h1-8H,9-12H2. The first-order chi connectivity index (χ1) is 11.6. The lowest BCUT2D eigenvalue weighted by molar-refractivity contribution is -0.126. The number of hydrogen-bond donors (Lipinski definition) is 0. The number of nitrogens with zero attached hydrogens (tertiary/aromatic N) is 4. The van der Waals surface area contributed by atoms with Crippen LogP contribution in [0.1, 0.15) is 5.56 Å². The summed E-state index contributed by atoms with van der Waals surface area (Å²) in [5, 5.41) is 0.928. The maximum absolute atomic E-state index is 12.3. The van der Waals surface area contributed by atoms with Gasteiger partial charge in [0.15, 0.2) is 0 Å². The van der Waals surface area contributed by atoms with Gasteiger partial charge in [-0.25, -0.2) is 9.97 Å². The van der Waals surface area contributed by atoms with Crippen LogP contribution >= 0.6 is 23.2 Å². The molecule has 0 N–H and O–H groups in total. The van der Waals surface area contributed by atoms with Gasteiger partial charge in [0.2, 0.25) is 11.9 Å². The third-order valence-electron chi connectivity index (χ3n) is 3.81. The van der Waals surface area contributed by atoms with E-state index in [1.807, 2.05) is 6.07 Å². The van der Waals surface area contributed by atoms with Crippen molar-refractivity contribution in [3.05, 3.63) is 58.3 Å². The van der Waals surface area contributed by atoms with Gasteiger partial charge in [0, 0.05) is 44.6 Å². The van der Waals surface area contributed by atoms with Crippen molar-refractivity contribution in [1.29, 1.82) is 0 Å². The Morgan fingerprint density at radius 3 is 2.46 bits per heavy atom. The first kappa shape index (κ1) is 16.7. The van der Waals surface area contributed by atoms with Crippen molar-refractivity contribution >= 4 is 41.1 Å². The van der Waals surface area contributed by atoms with Crippen LogP contribution < -0.4 is 4.90 Å². The Labute approximate surface area is 150 Å². The number of carbonyl (C=O) groups is 1. The summed E-state index contributed by atoms with van der Waals surface area (Å²) in [7, 11) is 0. The molecule has 0 spiro atoms. The van der Waals surface area contributed by atoms with Crippen LogP contribution in [0.25, 0.3) is 6.08 Å². The zero-order chi connectivity index (χ0) is 16.9. The molecule has 0 saturated carbocycles. The largest absolute Gasteiger partial charge is 0.337 e. The molecule has 1 aliphatic heterocycles. The molecule has 1 fully saturated rings. The highest BCUT2D eigenvalue weighted by atomic mass is 35.5.